The lowest BCUT2D eigenvalue weighted by molar-refractivity contribution is -0.139. The van der Waals surface area contributed by atoms with Crippen LogP contribution in [-0.2, 0) is 19.2 Å². The summed E-state index contributed by atoms with van der Waals surface area (Å²) in [6, 6.07) is 11.8. The quantitative estimate of drug-likeness (QED) is 0.281. The van der Waals surface area contributed by atoms with Gasteiger partial charge in [0.2, 0.25) is 17.7 Å². The van der Waals surface area contributed by atoms with Crippen LogP contribution in [0.4, 0.5) is 11.4 Å². The third kappa shape index (κ3) is 3.48. The molecule has 2 bridgehead atoms. The van der Waals surface area contributed by atoms with Crippen molar-refractivity contribution in [3.63, 3.8) is 0 Å². The van der Waals surface area contributed by atoms with Crippen LogP contribution >= 0.6 is 11.6 Å². The molecule has 0 spiro atoms. The van der Waals surface area contributed by atoms with Crippen molar-refractivity contribution >= 4 is 46.7 Å². The van der Waals surface area contributed by atoms with E-state index >= 15 is 0 Å². The fourth-order valence-corrected chi connectivity index (χ4v) is 6.14. The molecule has 2 aromatic carbocycles. The van der Waals surface area contributed by atoms with Crippen LogP contribution in [0.25, 0.3) is 0 Å². The third-order valence-electron chi connectivity index (χ3n) is 7.69. The minimum absolute atomic E-state index is 0.0639. The van der Waals surface area contributed by atoms with E-state index in [4.69, 9.17) is 16.3 Å². The van der Waals surface area contributed by atoms with Crippen molar-refractivity contribution in [1.82, 2.24) is 0 Å². The number of aryl methyl sites for hydroxylation is 1. The fraction of sp³-hybridized carbons (Fsp3) is 0.333. The molecular weight excluding hydrogens is 468 g/mol. The summed E-state index contributed by atoms with van der Waals surface area (Å²) in [6.45, 7) is 2.02. The number of rotatable bonds is 4. The zero-order chi connectivity index (χ0) is 24.4. The summed E-state index contributed by atoms with van der Waals surface area (Å²) in [6.07, 6.45) is 5.08. The van der Waals surface area contributed by atoms with Gasteiger partial charge in [0.15, 0.2) is 0 Å². The summed E-state index contributed by atoms with van der Waals surface area (Å²) in [4.78, 5) is 54.4. The molecule has 3 fully saturated rings. The average molecular weight is 491 g/mol. The number of amides is 3. The Morgan fingerprint density at radius 1 is 0.971 bits per heavy atom. The first-order valence-corrected chi connectivity index (χ1v) is 12.1. The number of hydrogen-bond acceptors (Lipinski definition) is 5. The molecule has 0 radical (unpaired) electrons. The molecule has 1 saturated carbocycles. The van der Waals surface area contributed by atoms with Crippen LogP contribution in [0.15, 0.2) is 54.6 Å². The Morgan fingerprint density at radius 2 is 1.63 bits per heavy atom. The number of anilines is 2. The Balaban J connectivity index is 1.15. The van der Waals surface area contributed by atoms with E-state index in [1.54, 1.807) is 54.3 Å². The first kappa shape index (κ1) is 22.0. The number of imide groups is 1. The van der Waals surface area contributed by atoms with Gasteiger partial charge in [0.05, 0.1) is 23.4 Å². The van der Waals surface area contributed by atoms with Gasteiger partial charge in [0, 0.05) is 23.7 Å². The van der Waals surface area contributed by atoms with Gasteiger partial charge in [-0.25, -0.2) is 4.90 Å². The molecule has 0 aromatic heterocycles. The number of benzene rings is 2. The van der Waals surface area contributed by atoms with Gasteiger partial charge in [-0.3, -0.25) is 19.2 Å². The molecule has 0 unspecified atom stereocenters. The van der Waals surface area contributed by atoms with Crippen LogP contribution in [0, 0.1) is 36.5 Å². The normalized spacial score (nSPS) is 28.9. The number of fused-ring (bicyclic) bond motifs is 5. The minimum Gasteiger partial charge on any atom is -0.426 e. The topological polar surface area (TPSA) is 84.0 Å². The molecule has 3 amide bonds. The Labute approximate surface area is 207 Å². The van der Waals surface area contributed by atoms with E-state index < -0.39 is 11.9 Å². The number of nitrogens with zero attached hydrogens (tertiary/aromatic N) is 2. The van der Waals surface area contributed by atoms with E-state index in [0.717, 1.165) is 6.42 Å². The van der Waals surface area contributed by atoms with Gasteiger partial charge in [0.1, 0.15) is 5.75 Å². The lowest BCUT2D eigenvalue weighted by Gasteiger charge is -2.20. The van der Waals surface area contributed by atoms with E-state index in [-0.39, 0.29) is 54.4 Å². The highest BCUT2D eigenvalue weighted by Gasteiger charge is 2.59. The molecule has 2 aliphatic heterocycles. The molecule has 35 heavy (non-hydrogen) atoms. The van der Waals surface area contributed by atoms with Crippen LogP contribution in [-0.4, -0.2) is 30.2 Å². The maximum absolute atomic E-state index is 13.1. The van der Waals surface area contributed by atoms with Crippen molar-refractivity contribution in [2.75, 3.05) is 16.3 Å². The summed E-state index contributed by atoms with van der Waals surface area (Å²) < 4.78 is 5.58. The molecule has 2 saturated heterocycles. The molecule has 8 heteroatoms. The van der Waals surface area contributed by atoms with Crippen molar-refractivity contribution in [2.24, 2.45) is 29.6 Å². The number of halogens is 1. The second kappa shape index (κ2) is 8.05. The number of allylic oxidation sites excluding steroid dienone is 2. The fourth-order valence-electron chi connectivity index (χ4n) is 6.02. The predicted molar refractivity (Wildman–Crippen MR) is 129 cm³/mol. The Morgan fingerprint density at radius 3 is 2.26 bits per heavy atom. The number of carbonyl (C=O) groups is 4. The summed E-state index contributed by atoms with van der Waals surface area (Å²) >= 11 is 5.92. The Bertz CT molecular complexity index is 1270. The Kier molecular flexibility index (Phi) is 5.07. The van der Waals surface area contributed by atoms with Crippen LogP contribution in [0.2, 0.25) is 5.02 Å². The number of ether oxygens (including phenoxy) is 1. The van der Waals surface area contributed by atoms with Gasteiger partial charge in [-0.1, -0.05) is 23.8 Å². The highest BCUT2D eigenvalue weighted by molar-refractivity contribution is 6.30. The molecule has 4 aliphatic rings. The zero-order valence-corrected chi connectivity index (χ0v) is 19.8. The van der Waals surface area contributed by atoms with Gasteiger partial charge < -0.3 is 9.64 Å². The van der Waals surface area contributed by atoms with E-state index in [1.165, 1.54) is 4.90 Å². The van der Waals surface area contributed by atoms with Crippen LogP contribution in [0.3, 0.4) is 0 Å². The van der Waals surface area contributed by atoms with E-state index in [9.17, 15) is 19.2 Å². The molecule has 2 heterocycles. The second-order valence-electron chi connectivity index (χ2n) is 9.76. The van der Waals surface area contributed by atoms with Crippen LogP contribution in [0.1, 0.15) is 18.4 Å². The molecule has 178 valence electrons. The summed E-state index contributed by atoms with van der Waals surface area (Å²) in [5.41, 5.74) is 1.88. The third-order valence-corrected chi connectivity index (χ3v) is 7.95. The smallest absolute Gasteiger partial charge is 0.316 e. The predicted octanol–water partition coefficient (Wildman–Crippen LogP) is 3.92. The Hall–Kier alpha value is -3.45. The molecule has 0 N–H and O–H groups in total. The largest absolute Gasteiger partial charge is 0.426 e. The summed E-state index contributed by atoms with van der Waals surface area (Å²) in [7, 11) is 0. The SMILES string of the molecule is Cc1cc(OC(=O)[C@@H]2CC(=O)N(c3ccc(Cl)cc3)C2)ccc1N1C(=O)[C@@H]2[C@H](C1=O)[C@H]1C=C[C@H]2C1. The molecule has 2 aliphatic carbocycles. The minimum atomic E-state index is -0.595. The average Bonchev–Trinajstić information content (AvgIpc) is 3.59. The van der Waals surface area contributed by atoms with E-state index in [0.29, 0.717) is 27.7 Å². The van der Waals surface area contributed by atoms with Crippen LogP contribution < -0.4 is 14.5 Å². The molecule has 2 aromatic rings. The van der Waals surface area contributed by atoms with Crippen LogP contribution in [0.5, 0.6) is 5.75 Å². The van der Waals surface area contributed by atoms with Gasteiger partial charge in [-0.15, -0.1) is 0 Å². The summed E-state index contributed by atoms with van der Waals surface area (Å²) in [5.74, 6) is -1.45. The van der Waals surface area contributed by atoms with Gasteiger partial charge in [-0.2, -0.15) is 0 Å². The first-order chi connectivity index (χ1) is 16.8. The highest BCUT2D eigenvalue weighted by atomic mass is 35.5. The molecule has 6 rings (SSSR count). The van der Waals surface area contributed by atoms with Gasteiger partial charge >= 0.3 is 5.97 Å². The van der Waals surface area contributed by atoms with E-state index in [2.05, 4.69) is 12.2 Å². The lowest BCUT2D eigenvalue weighted by Crippen LogP contribution is -2.33. The number of esters is 1. The second-order valence-corrected chi connectivity index (χ2v) is 10.2. The first-order valence-electron chi connectivity index (χ1n) is 11.8. The maximum atomic E-state index is 13.1. The van der Waals surface area contributed by atoms with Crippen molar-refractivity contribution in [1.29, 1.82) is 0 Å². The number of hydrogen-bond donors (Lipinski definition) is 0. The molecular formula is C27H23ClN2O5. The zero-order valence-electron chi connectivity index (χ0n) is 19.0. The lowest BCUT2D eigenvalue weighted by atomic mass is 9.85. The summed E-state index contributed by atoms with van der Waals surface area (Å²) in [5, 5.41) is 0.569. The van der Waals surface area contributed by atoms with Crippen molar-refractivity contribution in [3.8, 4) is 5.75 Å². The monoisotopic (exact) mass is 490 g/mol. The van der Waals surface area contributed by atoms with Crippen molar-refractivity contribution in [3.05, 3.63) is 65.2 Å². The molecule has 7 nitrogen and oxygen atoms in total. The van der Waals surface area contributed by atoms with Crippen molar-refractivity contribution < 1.29 is 23.9 Å². The number of carbonyl (C=O) groups excluding carboxylic acids is 4. The standard InChI is InChI=1S/C27H23ClN2O5/c1-14-10-20(35-27(34)17-12-22(31)29(13-17)19-6-4-18(28)5-7-19)8-9-21(14)30-25(32)23-15-2-3-16(11-15)24(23)26(30)33/h2-10,15-17,23-24H,11-13H2,1H3/t15-,16-,17+,23-,24+/m0/s1. The highest BCUT2D eigenvalue weighted by Crippen LogP contribution is 2.53. The maximum Gasteiger partial charge on any atom is 0.316 e. The van der Waals surface area contributed by atoms with Crippen molar-refractivity contribution in [2.45, 2.75) is 19.8 Å². The van der Waals surface area contributed by atoms with Gasteiger partial charge in [0.25, 0.3) is 0 Å². The van der Waals surface area contributed by atoms with Gasteiger partial charge in [-0.05, 0) is 73.2 Å². The molecule has 5 atom stereocenters. The van der Waals surface area contributed by atoms with E-state index in [1.807, 2.05) is 0 Å².